The highest BCUT2D eigenvalue weighted by molar-refractivity contribution is 7.85. The van der Waals surface area contributed by atoms with Crippen molar-refractivity contribution in [3.63, 3.8) is 0 Å². The number of aryl methyl sites for hydroxylation is 1. The molecule has 0 aliphatic carbocycles. The van der Waals surface area contributed by atoms with Crippen molar-refractivity contribution in [3.8, 4) is 0 Å². The van der Waals surface area contributed by atoms with Gasteiger partial charge in [0.15, 0.2) is 0 Å². The highest BCUT2D eigenvalue weighted by atomic mass is 32.2. The number of anilines is 1. The smallest absolute Gasteiger partial charge is 0.414 e. The van der Waals surface area contributed by atoms with Gasteiger partial charge in [0.05, 0.1) is 12.8 Å². The van der Waals surface area contributed by atoms with Gasteiger partial charge in [-0.25, -0.2) is 4.79 Å². The molecule has 1 amide bonds. The number of carbonyl (C=O) groups excluding carboxylic acids is 1. The lowest BCUT2D eigenvalue weighted by Crippen LogP contribution is -2.26. The average Bonchev–Trinajstić information content (AvgIpc) is 2.78. The summed E-state index contributed by atoms with van der Waals surface area (Å²) in [5, 5.41) is 0. The molecule has 0 unspecified atom stereocenters. The molecule has 21 heavy (non-hydrogen) atoms. The minimum Gasteiger partial charge on any atom is -0.441 e. The number of hydrogen-bond acceptors (Lipinski definition) is 5. The van der Waals surface area contributed by atoms with E-state index in [1.54, 1.807) is 0 Å². The maximum absolute atomic E-state index is 11.8. The SMILES string of the molecule is CCCc1ccc(N2C[C@@H](COS(C)(=O)=O)OC2=O)cc1. The summed E-state index contributed by atoms with van der Waals surface area (Å²) < 4.78 is 31.7. The standard InChI is InChI=1S/C14H19NO5S/c1-3-4-11-5-7-12(8-6-11)15-9-13(20-14(15)16)10-19-21(2,17)18/h5-8,13H,3-4,9-10H2,1-2H3/t13-/m0/s1. The molecule has 116 valence electrons. The number of amides is 1. The first-order valence-electron chi connectivity index (χ1n) is 6.80. The van der Waals surface area contributed by atoms with Crippen molar-refractivity contribution in [1.82, 2.24) is 0 Å². The Kier molecular flexibility index (Phi) is 4.84. The van der Waals surface area contributed by atoms with Crippen molar-refractivity contribution in [2.75, 3.05) is 24.3 Å². The third-order valence-corrected chi connectivity index (χ3v) is 3.69. The van der Waals surface area contributed by atoms with Crippen LogP contribution in [0.3, 0.4) is 0 Å². The molecule has 1 aromatic carbocycles. The molecule has 7 heteroatoms. The first-order valence-corrected chi connectivity index (χ1v) is 8.62. The van der Waals surface area contributed by atoms with Crippen LogP contribution in [0.2, 0.25) is 0 Å². The predicted molar refractivity (Wildman–Crippen MR) is 78.8 cm³/mol. The van der Waals surface area contributed by atoms with E-state index in [9.17, 15) is 13.2 Å². The van der Waals surface area contributed by atoms with Gasteiger partial charge < -0.3 is 4.74 Å². The van der Waals surface area contributed by atoms with E-state index in [0.29, 0.717) is 0 Å². The van der Waals surface area contributed by atoms with Gasteiger partial charge in [0.1, 0.15) is 12.7 Å². The highest BCUT2D eigenvalue weighted by Gasteiger charge is 2.33. The topological polar surface area (TPSA) is 72.9 Å². The molecule has 1 atom stereocenters. The first kappa shape index (κ1) is 15.8. The van der Waals surface area contributed by atoms with Crippen molar-refractivity contribution in [1.29, 1.82) is 0 Å². The van der Waals surface area contributed by atoms with Crippen LogP contribution in [0.5, 0.6) is 0 Å². The molecule has 0 spiro atoms. The molecule has 0 saturated carbocycles. The number of carbonyl (C=O) groups is 1. The molecule has 0 N–H and O–H groups in total. The third kappa shape index (κ3) is 4.44. The van der Waals surface area contributed by atoms with Crippen LogP contribution >= 0.6 is 0 Å². The summed E-state index contributed by atoms with van der Waals surface area (Å²) in [6.45, 7) is 2.23. The summed E-state index contributed by atoms with van der Waals surface area (Å²) in [4.78, 5) is 13.3. The first-order chi connectivity index (χ1) is 9.89. The second-order valence-electron chi connectivity index (χ2n) is 5.02. The van der Waals surface area contributed by atoms with E-state index in [-0.39, 0.29) is 13.2 Å². The van der Waals surface area contributed by atoms with Crippen LogP contribution in [0.1, 0.15) is 18.9 Å². The second kappa shape index (κ2) is 6.44. The van der Waals surface area contributed by atoms with Crippen LogP contribution in [-0.2, 0) is 25.5 Å². The van der Waals surface area contributed by atoms with Crippen molar-refractivity contribution in [2.24, 2.45) is 0 Å². The van der Waals surface area contributed by atoms with Crippen molar-refractivity contribution < 1.29 is 22.1 Å². The Labute approximate surface area is 124 Å². The van der Waals surface area contributed by atoms with Gasteiger partial charge in [-0.2, -0.15) is 8.42 Å². The molecule has 6 nitrogen and oxygen atoms in total. The van der Waals surface area contributed by atoms with Crippen LogP contribution in [0.4, 0.5) is 10.5 Å². The Bertz CT molecular complexity index is 596. The molecule has 2 rings (SSSR count). The van der Waals surface area contributed by atoms with Crippen molar-refractivity contribution in [2.45, 2.75) is 25.9 Å². The van der Waals surface area contributed by atoms with Gasteiger partial charge in [-0.3, -0.25) is 9.08 Å². The summed E-state index contributed by atoms with van der Waals surface area (Å²) in [6, 6.07) is 7.69. The minimum atomic E-state index is -3.53. The van der Waals surface area contributed by atoms with Crippen LogP contribution in [0.15, 0.2) is 24.3 Å². The fourth-order valence-electron chi connectivity index (χ4n) is 2.15. The van der Waals surface area contributed by atoms with Gasteiger partial charge in [0.2, 0.25) is 0 Å². The average molecular weight is 313 g/mol. The van der Waals surface area contributed by atoms with Gasteiger partial charge >= 0.3 is 6.09 Å². The zero-order valence-corrected chi connectivity index (χ0v) is 12.9. The number of rotatable bonds is 6. The Balaban J connectivity index is 1.99. The molecule has 1 aliphatic rings. The Morgan fingerprint density at radius 1 is 1.33 bits per heavy atom. The van der Waals surface area contributed by atoms with Gasteiger partial charge in [0, 0.05) is 5.69 Å². The molecular weight excluding hydrogens is 294 g/mol. The summed E-state index contributed by atoms with van der Waals surface area (Å²) in [7, 11) is -3.53. The maximum Gasteiger partial charge on any atom is 0.414 e. The van der Waals surface area contributed by atoms with E-state index in [0.717, 1.165) is 24.8 Å². The largest absolute Gasteiger partial charge is 0.441 e. The van der Waals surface area contributed by atoms with Crippen LogP contribution in [0, 0.1) is 0 Å². The van der Waals surface area contributed by atoms with Crippen LogP contribution < -0.4 is 4.90 Å². The fourth-order valence-corrected chi connectivity index (χ4v) is 2.55. The van der Waals surface area contributed by atoms with E-state index in [4.69, 9.17) is 4.74 Å². The molecule has 1 saturated heterocycles. The molecule has 0 aromatic heterocycles. The predicted octanol–water partition coefficient (Wildman–Crippen LogP) is 1.94. The summed E-state index contributed by atoms with van der Waals surface area (Å²) in [5.41, 5.74) is 1.95. The molecule has 1 fully saturated rings. The molecule has 1 aliphatic heterocycles. The Hall–Kier alpha value is -1.60. The van der Waals surface area contributed by atoms with Gasteiger partial charge in [-0.15, -0.1) is 0 Å². The van der Waals surface area contributed by atoms with Crippen molar-refractivity contribution in [3.05, 3.63) is 29.8 Å². The fraction of sp³-hybridized carbons (Fsp3) is 0.500. The Morgan fingerprint density at radius 2 is 2.00 bits per heavy atom. The van der Waals surface area contributed by atoms with E-state index >= 15 is 0 Å². The summed E-state index contributed by atoms with van der Waals surface area (Å²) >= 11 is 0. The normalized spacial score (nSPS) is 18.9. The number of nitrogens with zero attached hydrogens (tertiary/aromatic N) is 1. The van der Waals surface area contributed by atoms with E-state index in [1.165, 1.54) is 10.5 Å². The lowest BCUT2D eigenvalue weighted by atomic mass is 10.1. The lowest BCUT2D eigenvalue weighted by molar-refractivity contribution is 0.107. The highest BCUT2D eigenvalue weighted by Crippen LogP contribution is 2.22. The third-order valence-electron chi connectivity index (χ3n) is 3.13. The molecule has 1 heterocycles. The number of hydrogen-bond donors (Lipinski definition) is 0. The zero-order chi connectivity index (χ0) is 15.5. The molecular formula is C14H19NO5S. The van der Waals surface area contributed by atoms with Crippen LogP contribution in [0.25, 0.3) is 0 Å². The van der Waals surface area contributed by atoms with Gasteiger partial charge in [-0.05, 0) is 24.1 Å². The van der Waals surface area contributed by atoms with Gasteiger partial charge in [-0.1, -0.05) is 25.5 Å². The zero-order valence-electron chi connectivity index (χ0n) is 12.1. The van der Waals surface area contributed by atoms with Crippen LogP contribution in [-0.4, -0.2) is 40.0 Å². The van der Waals surface area contributed by atoms with E-state index in [2.05, 4.69) is 11.1 Å². The second-order valence-corrected chi connectivity index (χ2v) is 6.67. The maximum atomic E-state index is 11.8. The molecule has 0 bridgehead atoms. The quantitative estimate of drug-likeness (QED) is 0.750. The van der Waals surface area contributed by atoms with Crippen molar-refractivity contribution >= 4 is 21.9 Å². The molecule has 0 radical (unpaired) electrons. The monoisotopic (exact) mass is 313 g/mol. The van der Waals surface area contributed by atoms with Gasteiger partial charge in [0.25, 0.3) is 10.1 Å². The minimum absolute atomic E-state index is 0.158. The number of ether oxygens (including phenoxy) is 1. The molecule has 1 aromatic rings. The number of benzene rings is 1. The van der Waals surface area contributed by atoms with E-state index in [1.807, 2.05) is 24.3 Å². The Morgan fingerprint density at radius 3 is 2.57 bits per heavy atom. The summed E-state index contributed by atoms with van der Waals surface area (Å²) in [5.74, 6) is 0. The number of cyclic esters (lactones) is 1. The summed E-state index contributed by atoms with van der Waals surface area (Å²) in [6.07, 6.45) is 1.96. The lowest BCUT2D eigenvalue weighted by Gasteiger charge is -2.13. The van der Waals surface area contributed by atoms with E-state index < -0.39 is 22.3 Å².